The second kappa shape index (κ2) is 7.00. The first kappa shape index (κ1) is 14.5. The fourth-order valence-corrected chi connectivity index (χ4v) is 1.45. The third-order valence-corrected chi connectivity index (χ3v) is 2.34. The molecule has 5 N–H and O–H groups in total. The van der Waals surface area contributed by atoms with Gasteiger partial charge in [0.15, 0.2) is 0 Å². The van der Waals surface area contributed by atoms with Gasteiger partial charge in [-0.25, -0.2) is 4.98 Å². The summed E-state index contributed by atoms with van der Waals surface area (Å²) < 4.78 is 0. The van der Waals surface area contributed by atoms with Gasteiger partial charge >= 0.3 is 0 Å². The number of rotatable bonds is 3. The van der Waals surface area contributed by atoms with Crippen molar-refractivity contribution < 1.29 is 10.2 Å². The molecule has 18 heavy (non-hydrogen) atoms. The standard InChI is InChI=1S/C11H13N3O2.CH3Cl/c12-8(6-15)11-13-5-9(14-11)7-3-1-2-4-10(7)16;1-2/h1-5,8,15-16H,6,12H2,(H,13,14);1H3. The van der Waals surface area contributed by atoms with E-state index in [1.807, 2.05) is 6.07 Å². The number of aromatic hydroxyl groups is 1. The minimum atomic E-state index is -0.528. The van der Waals surface area contributed by atoms with E-state index < -0.39 is 6.04 Å². The molecule has 0 fully saturated rings. The number of alkyl halides is 1. The molecule has 0 amide bonds. The monoisotopic (exact) mass is 269 g/mol. The zero-order valence-corrected chi connectivity index (χ0v) is 10.7. The minimum absolute atomic E-state index is 0.173. The van der Waals surface area contributed by atoms with Crippen LogP contribution in [0.4, 0.5) is 0 Å². The number of nitrogens with zero attached hydrogens (tertiary/aromatic N) is 1. The van der Waals surface area contributed by atoms with E-state index in [0.717, 1.165) is 0 Å². The maximum Gasteiger partial charge on any atom is 0.125 e. The smallest absolute Gasteiger partial charge is 0.125 e. The zero-order valence-electron chi connectivity index (χ0n) is 9.97. The summed E-state index contributed by atoms with van der Waals surface area (Å²) in [5.74, 6) is 0.677. The van der Waals surface area contributed by atoms with Gasteiger partial charge in [-0.2, -0.15) is 0 Å². The Kier molecular flexibility index (Phi) is 5.64. The number of aliphatic hydroxyl groups is 1. The van der Waals surface area contributed by atoms with Crippen LogP contribution < -0.4 is 5.73 Å². The molecule has 5 nitrogen and oxygen atoms in total. The van der Waals surface area contributed by atoms with Crippen LogP contribution in [0.2, 0.25) is 0 Å². The van der Waals surface area contributed by atoms with E-state index in [2.05, 4.69) is 21.6 Å². The predicted octanol–water partition coefficient (Wildman–Crippen LogP) is 1.63. The third-order valence-electron chi connectivity index (χ3n) is 2.34. The topological polar surface area (TPSA) is 95.2 Å². The number of aromatic amines is 1. The van der Waals surface area contributed by atoms with Gasteiger partial charge in [0, 0.05) is 11.9 Å². The number of hydrogen-bond donors (Lipinski definition) is 4. The molecule has 2 rings (SSSR count). The van der Waals surface area contributed by atoms with Crippen molar-refractivity contribution in [2.24, 2.45) is 5.73 Å². The first-order valence-electron chi connectivity index (χ1n) is 5.30. The van der Waals surface area contributed by atoms with Crippen molar-refractivity contribution in [2.75, 3.05) is 13.0 Å². The molecule has 1 aromatic carbocycles. The predicted molar refractivity (Wildman–Crippen MR) is 71.5 cm³/mol. The van der Waals surface area contributed by atoms with Gasteiger partial charge in [0.05, 0.1) is 24.5 Å². The Morgan fingerprint density at radius 1 is 1.39 bits per heavy atom. The molecule has 0 radical (unpaired) electrons. The lowest BCUT2D eigenvalue weighted by Crippen LogP contribution is -2.15. The van der Waals surface area contributed by atoms with Gasteiger partial charge in [-0.1, -0.05) is 12.1 Å². The fourth-order valence-electron chi connectivity index (χ4n) is 1.45. The summed E-state index contributed by atoms with van der Waals surface area (Å²) in [7, 11) is 0. The van der Waals surface area contributed by atoms with Crippen LogP contribution in [0, 0.1) is 0 Å². The van der Waals surface area contributed by atoms with Gasteiger partial charge in [-0.3, -0.25) is 0 Å². The Labute approximate surface area is 110 Å². The number of benzene rings is 1. The summed E-state index contributed by atoms with van der Waals surface area (Å²) in [5, 5.41) is 18.5. The molecular formula is C12H16ClN3O2. The highest BCUT2D eigenvalue weighted by atomic mass is 35.5. The molecule has 98 valence electrons. The molecule has 2 aromatic rings. The highest BCUT2D eigenvalue weighted by Gasteiger charge is 2.11. The van der Waals surface area contributed by atoms with Crippen LogP contribution in [-0.4, -0.2) is 33.2 Å². The molecule has 0 aliphatic carbocycles. The first-order chi connectivity index (χ1) is 8.72. The normalized spacial score (nSPS) is 11.6. The number of phenols is 1. The van der Waals surface area contributed by atoms with Crippen molar-refractivity contribution >= 4 is 11.6 Å². The first-order valence-corrected chi connectivity index (χ1v) is 6.05. The molecule has 6 heteroatoms. The number of H-pyrrole nitrogens is 1. The minimum Gasteiger partial charge on any atom is -0.507 e. The van der Waals surface area contributed by atoms with Crippen LogP contribution in [0.1, 0.15) is 11.9 Å². The second-order valence-electron chi connectivity index (χ2n) is 3.49. The van der Waals surface area contributed by atoms with Crippen LogP contribution in [0.25, 0.3) is 11.3 Å². The summed E-state index contributed by atoms with van der Waals surface area (Å²) in [5.41, 5.74) is 6.95. The second-order valence-corrected chi connectivity index (χ2v) is 3.49. The van der Waals surface area contributed by atoms with E-state index in [0.29, 0.717) is 17.1 Å². The van der Waals surface area contributed by atoms with Crippen LogP contribution >= 0.6 is 11.6 Å². The number of nitrogens with two attached hydrogens (primary N) is 1. The zero-order chi connectivity index (χ0) is 13.5. The van der Waals surface area contributed by atoms with Crippen molar-refractivity contribution in [3.05, 3.63) is 36.3 Å². The number of nitrogens with one attached hydrogen (secondary N) is 1. The largest absolute Gasteiger partial charge is 0.507 e. The van der Waals surface area contributed by atoms with E-state index in [9.17, 15) is 5.11 Å². The van der Waals surface area contributed by atoms with Crippen molar-refractivity contribution in [1.29, 1.82) is 0 Å². The molecule has 0 saturated heterocycles. The Bertz CT molecular complexity index is 488. The molecule has 1 aromatic heterocycles. The lowest BCUT2D eigenvalue weighted by atomic mass is 10.1. The molecule has 0 bridgehead atoms. The molecule has 1 heterocycles. The maximum absolute atomic E-state index is 9.64. The Morgan fingerprint density at radius 3 is 2.67 bits per heavy atom. The van der Waals surface area contributed by atoms with E-state index >= 15 is 0 Å². The van der Waals surface area contributed by atoms with E-state index in [-0.39, 0.29) is 12.4 Å². The number of phenolic OH excluding ortho intramolecular Hbond substituents is 1. The summed E-state index contributed by atoms with van der Waals surface area (Å²) in [6.07, 6.45) is 3.06. The summed E-state index contributed by atoms with van der Waals surface area (Å²) in [4.78, 5) is 7.02. The fraction of sp³-hybridized carbons (Fsp3) is 0.250. The molecule has 1 unspecified atom stereocenters. The highest BCUT2D eigenvalue weighted by molar-refractivity contribution is 6.15. The maximum atomic E-state index is 9.64. The Balaban J connectivity index is 0.000000771. The molecule has 0 aliphatic rings. The molecule has 1 atom stereocenters. The van der Waals surface area contributed by atoms with Gasteiger partial charge in [0.25, 0.3) is 0 Å². The van der Waals surface area contributed by atoms with Gasteiger partial charge in [0.1, 0.15) is 11.6 Å². The van der Waals surface area contributed by atoms with Crippen molar-refractivity contribution in [3.8, 4) is 17.0 Å². The average Bonchev–Trinajstić information content (AvgIpc) is 2.90. The van der Waals surface area contributed by atoms with Gasteiger partial charge < -0.3 is 20.9 Å². The van der Waals surface area contributed by atoms with Gasteiger partial charge in [-0.05, 0) is 12.1 Å². The van der Waals surface area contributed by atoms with Crippen LogP contribution in [0.3, 0.4) is 0 Å². The summed E-state index contributed by atoms with van der Waals surface area (Å²) in [6, 6.07) is 6.41. The number of hydrogen-bond acceptors (Lipinski definition) is 4. The number of halogens is 1. The highest BCUT2D eigenvalue weighted by Crippen LogP contribution is 2.27. The number of para-hydroxylation sites is 1. The third kappa shape index (κ3) is 3.22. The van der Waals surface area contributed by atoms with E-state index in [1.165, 1.54) is 6.38 Å². The summed E-state index contributed by atoms with van der Waals surface area (Å²) in [6.45, 7) is -0.173. The summed E-state index contributed by atoms with van der Waals surface area (Å²) >= 11 is 4.64. The Morgan fingerprint density at radius 2 is 2.06 bits per heavy atom. The van der Waals surface area contributed by atoms with Crippen molar-refractivity contribution in [2.45, 2.75) is 6.04 Å². The lowest BCUT2D eigenvalue weighted by Gasteiger charge is -2.03. The Hall–Kier alpha value is -1.56. The molecular weight excluding hydrogens is 254 g/mol. The van der Waals surface area contributed by atoms with Crippen LogP contribution in [0.15, 0.2) is 30.5 Å². The lowest BCUT2D eigenvalue weighted by molar-refractivity contribution is 0.264. The number of aromatic nitrogens is 2. The number of aliphatic hydroxyl groups excluding tert-OH is 1. The van der Waals surface area contributed by atoms with Gasteiger partial charge in [-0.15, -0.1) is 11.6 Å². The van der Waals surface area contributed by atoms with Crippen LogP contribution in [0.5, 0.6) is 5.75 Å². The SMILES string of the molecule is CCl.NC(CO)c1ncc(-c2ccccc2O)[nH]1. The van der Waals surface area contributed by atoms with E-state index in [1.54, 1.807) is 24.4 Å². The van der Waals surface area contributed by atoms with Gasteiger partial charge in [0.2, 0.25) is 0 Å². The van der Waals surface area contributed by atoms with Crippen molar-refractivity contribution in [1.82, 2.24) is 9.97 Å². The quantitative estimate of drug-likeness (QED) is 0.637. The average molecular weight is 270 g/mol. The van der Waals surface area contributed by atoms with Crippen molar-refractivity contribution in [3.63, 3.8) is 0 Å². The van der Waals surface area contributed by atoms with E-state index in [4.69, 9.17) is 10.8 Å². The van der Waals surface area contributed by atoms with Crippen LogP contribution in [-0.2, 0) is 0 Å². The number of imidazole rings is 1. The molecule has 0 spiro atoms. The molecule has 0 aliphatic heterocycles. The molecule has 0 saturated carbocycles.